The number of halogens is 2. The molecule has 0 aliphatic carbocycles. The standard InChI is InChI=1S/C9H10Cl2N2O/c10-5-2-1-3-6(11)9(5)7(12)4-8(13)14/h1-3,7H,4,12H2,(H2,13,14)/t7-/m1/s1. The Morgan fingerprint density at radius 1 is 1.36 bits per heavy atom. The van der Waals surface area contributed by atoms with Gasteiger partial charge in [0.05, 0.1) is 0 Å². The highest BCUT2D eigenvalue weighted by molar-refractivity contribution is 6.36. The molecule has 4 N–H and O–H groups in total. The van der Waals surface area contributed by atoms with E-state index >= 15 is 0 Å². The molecule has 0 aromatic heterocycles. The van der Waals surface area contributed by atoms with E-state index in [4.69, 9.17) is 34.7 Å². The minimum absolute atomic E-state index is 0.0312. The summed E-state index contributed by atoms with van der Waals surface area (Å²) in [6.07, 6.45) is 0.0312. The molecule has 3 nitrogen and oxygen atoms in total. The normalized spacial score (nSPS) is 12.5. The van der Waals surface area contributed by atoms with Crippen LogP contribution in [-0.4, -0.2) is 5.91 Å². The Morgan fingerprint density at radius 2 is 1.86 bits per heavy atom. The third-order valence-corrected chi connectivity index (χ3v) is 2.45. The van der Waals surface area contributed by atoms with Crippen molar-refractivity contribution in [1.82, 2.24) is 0 Å². The van der Waals surface area contributed by atoms with Gasteiger partial charge in [-0.15, -0.1) is 0 Å². The number of carbonyl (C=O) groups is 1. The van der Waals surface area contributed by atoms with E-state index in [1.807, 2.05) is 0 Å². The van der Waals surface area contributed by atoms with Crippen LogP contribution in [0.4, 0.5) is 0 Å². The monoisotopic (exact) mass is 232 g/mol. The number of primary amides is 1. The van der Waals surface area contributed by atoms with Gasteiger partial charge in [-0.3, -0.25) is 4.79 Å². The molecule has 1 rings (SSSR count). The average molecular weight is 233 g/mol. The van der Waals surface area contributed by atoms with Gasteiger partial charge < -0.3 is 11.5 Å². The zero-order valence-corrected chi connectivity index (χ0v) is 8.85. The molecular weight excluding hydrogens is 223 g/mol. The molecule has 5 heteroatoms. The zero-order valence-electron chi connectivity index (χ0n) is 7.34. The predicted octanol–water partition coefficient (Wildman–Crippen LogP) is 1.87. The molecule has 0 aliphatic heterocycles. The first kappa shape index (κ1) is 11.3. The van der Waals surface area contributed by atoms with Crippen LogP contribution in [0.3, 0.4) is 0 Å². The highest BCUT2D eigenvalue weighted by Crippen LogP contribution is 2.30. The number of amides is 1. The van der Waals surface area contributed by atoms with Gasteiger partial charge in [0, 0.05) is 28.1 Å². The van der Waals surface area contributed by atoms with Gasteiger partial charge in [-0.05, 0) is 12.1 Å². The third kappa shape index (κ3) is 2.61. The number of hydrogen-bond donors (Lipinski definition) is 2. The van der Waals surface area contributed by atoms with Crippen LogP contribution in [0.1, 0.15) is 18.0 Å². The summed E-state index contributed by atoms with van der Waals surface area (Å²) in [6, 6.07) is 4.51. The zero-order chi connectivity index (χ0) is 10.7. The van der Waals surface area contributed by atoms with Crippen molar-refractivity contribution in [3.8, 4) is 0 Å². The predicted molar refractivity (Wildman–Crippen MR) is 57.2 cm³/mol. The van der Waals surface area contributed by atoms with Crippen molar-refractivity contribution >= 4 is 29.1 Å². The molecule has 1 atom stereocenters. The number of rotatable bonds is 3. The van der Waals surface area contributed by atoms with Gasteiger partial charge in [-0.1, -0.05) is 29.3 Å². The van der Waals surface area contributed by atoms with Gasteiger partial charge in [0.1, 0.15) is 0 Å². The summed E-state index contributed by atoms with van der Waals surface area (Å²) in [6.45, 7) is 0. The molecule has 1 aromatic rings. The average Bonchev–Trinajstić information content (AvgIpc) is 2.01. The SMILES string of the molecule is NC(=O)C[C@@H](N)c1c(Cl)cccc1Cl. The van der Waals surface area contributed by atoms with Crippen LogP contribution in [0.5, 0.6) is 0 Å². The lowest BCUT2D eigenvalue weighted by molar-refractivity contribution is -0.118. The van der Waals surface area contributed by atoms with Crippen LogP contribution in [0.15, 0.2) is 18.2 Å². The summed E-state index contributed by atoms with van der Waals surface area (Å²) in [5, 5.41) is 0.900. The van der Waals surface area contributed by atoms with Gasteiger partial charge in [-0.25, -0.2) is 0 Å². The van der Waals surface area contributed by atoms with E-state index in [-0.39, 0.29) is 6.42 Å². The maximum absolute atomic E-state index is 10.7. The van der Waals surface area contributed by atoms with Gasteiger partial charge in [-0.2, -0.15) is 0 Å². The Balaban J connectivity index is 2.99. The van der Waals surface area contributed by atoms with Crippen LogP contribution in [-0.2, 0) is 4.79 Å². The van der Waals surface area contributed by atoms with Gasteiger partial charge in [0.15, 0.2) is 0 Å². The lowest BCUT2D eigenvalue weighted by atomic mass is 10.0. The van der Waals surface area contributed by atoms with Crippen molar-refractivity contribution in [3.63, 3.8) is 0 Å². The molecule has 1 amide bonds. The largest absolute Gasteiger partial charge is 0.370 e. The van der Waals surface area contributed by atoms with Crippen molar-refractivity contribution in [1.29, 1.82) is 0 Å². The Kier molecular flexibility index (Phi) is 3.75. The Bertz CT molecular complexity index is 334. The molecule has 14 heavy (non-hydrogen) atoms. The lowest BCUT2D eigenvalue weighted by Gasteiger charge is -2.13. The summed E-state index contributed by atoms with van der Waals surface area (Å²) in [5.41, 5.74) is 11.3. The van der Waals surface area contributed by atoms with E-state index in [0.717, 1.165) is 0 Å². The number of nitrogens with two attached hydrogens (primary N) is 2. The lowest BCUT2D eigenvalue weighted by Crippen LogP contribution is -2.21. The van der Waals surface area contributed by atoms with E-state index in [1.165, 1.54) is 0 Å². The van der Waals surface area contributed by atoms with Gasteiger partial charge in [0.25, 0.3) is 0 Å². The minimum atomic E-state index is -0.548. The van der Waals surface area contributed by atoms with E-state index in [9.17, 15) is 4.79 Å². The molecule has 0 aliphatic rings. The van der Waals surface area contributed by atoms with Gasteiger partial charge >= 0.3 is 0 Å². The molecule has 0 heterocycles. The Morgan fingerprint density at radius 3 is 2.29 bits per heavy atom. The topological polar surface area (TPSA) is 69.1 Å². The summed E-state index contributed by atoms with van der Waals surface area (Å²) in [5.74, 6) is -0.478. The molecule has 0 unspecified atom stereocenters. The van der Waals surface area contributed by atoms with E-state index < -0.39 is 11.9 Å². The number of carbonyl (C=O) groups excluding carboxylic acids is 1. The number of benzene rings is 1. The van der Waals surface area contributed by atoms with Crippen molar-refractivity contribution in [3.05, 3.63) is 33.8 Å². The first-order chi connectivity index (χ1) is 6.52. The second-order valence-corrected chi connectivity index (χ2v) is 3.73. The second kappa shape index (κ2) is 4.64. The first-order valence-electron chi connectivity index (χ1n) is 4.00. The minimum Gasteiger partial charge on any atom is -0.370 e. The molecule has 0 spiro atoms. The summed E-state index contributed by atoms with van der Waals surface area (Å²) < 4.78 is 0. The quantitative estimate of drug-likeness (QED) is 0.836. The maximum Gasteiger partial charge on any atom is 0.219 e. The molecule has 0 saturated heterocycles. The van der Waals surface area contributed by atoms with E-state index in [2.05, 4.69) is 0 Å². The van der Waals surface area contributed by atoms with Crippen molar-refractivity contribution in [2.24, 2.45) is 11.5 Å². The van der Waals surface area contributed by atoms with Gasteiger partial charge in [0.2, 0.25) is 5.91 Å². The maximum atomic E-state index is 10.7. The molecule has 1 aromatic carbocycles. The summed E-state index contributed by atoms with van der Waals surface area (Å²) >= 11 is 11.8. The van der Waals surface area contributed by atoms with Crippen LogP contribution in [0.25, 0.3) is 0 Å². The van der Waals surface area contributed by atoms with E-state index in [0.29, 0.717) is 15.6 Å². The van der Waals surface area contributed by atoms with Crippen molar-refractivity contribution in [2.75, 3.05) is 0 Å². The smallest absolute Gasteiger partial charge is 0.219 e. The van der Waals surface area contributed by atoms with Crippen molar-refractivity contribution < 1.29 is 4.79 Å². The molecule has 0 saturated carbocycles. The van der Waals surface area contributed by atoms with E-state index in [1.54, 1.807) is 18.2 Å². The summed E-state index contributed by atoms with van der Waals surface area (Å²) in [7, 11) is 0. The first-order valence-corrected chi connectivity index (χ1v) is 4.75. The van der Waals surface area contributed by atoms with Crippen LogP contribution >= 0.6 is 23.2 Å². The van der Waals surface area contributed by atoms with Crippen molar-refractivity contribution in [2.45, 2.75) is 12.5 Å². The highest BCUT2D eigenvalue weighted by Gasteiger charge is 2.15. The molecule has 0 radical (unpaired) electrons. The summed E-state index contributed by atoms with van der Waals surface area (Å²) in [4.78, 5) is 10.7. The fourth-order valence-electron chi connectivity index (χ4n) is 1.18. The van der Waals surface area contributed by atoms with Crippen LogP contribution in [0, 0.1) is 0 Å². The number of hydrogen-bond acceptors (Lipinski definition) is 2. The Labute approximate surface area is 92.0 Å². The second-order valence-electron chi connectivity index (χ2n) is 2.91. The fraction of sp³-hybridized carbons (Fsp3) is 0.222. The molecule has 0 bridgehead atoms. The molecule has 0 fully saturated rings. The molecular formula is C9H10Cl2N2O. The Hall–Kier alpha value is -0.770. The van der Waals surface area contributed by atoms with Crippen LogP contribution in [0.2, 0.25) is 10.0 Å². The third-order valence-electron chi connectivity index (χ3n) is 1.79. The molecule has 76 valence electrons. The fourth-order valence-corrected chi connectivity index (χ4v) is 1.86. The van der Waals surface area contributed by atoms with Crippen LogP contribution < -0.4 is 11.5 Å². The highest BCUT2D eigenvalue weighted by atomic mass is 35.5.